The zero-order valence-corrected chi connectivity index (χ0v) is 9.77. The van der Waals surface area contributed by atoms with Gasteiger partial charge in [-0.3, -0.25) is 10.1 Å². The van der Waals surface area contributed by atoms with Gasteiger partial charge in [-0.2, -0.15) is 0 Å². The topological polar surface area (TPSA) is 80.1 Å². The molecule has 1 saturated heterocycles. The molecule has 0 amide bonds. The van der Waals surface area contributed by atoms with Crippen molar-refractivity contribution < 1.29 is 4.92 Å². The fraction of sp³-hybridized carbons (Fsp3) is 0.545. The predicted molar refractivity (Wildman–Crippen MR) is 65.1 cm³/mol. The standard InChI is InChI=1S/C11H16N4O2/c1-8-4-10(15(16)17)11(13-5-8)14-7-9-2-3-12-6-9/h4-5,9,12H,2-3,6-7H2,1H3,(H,13,14)/t9-/m1/s1. The van der Waals surface area contributed by atoms with Crippen molar-refractivity contribution in [3.8, 4) is 0 Å². The van der Waals surface area contributed by atoms with E-state index in [0.29, 0.717) is 11.7 Å². The molecule has 6 nitrogen and oxygen atoms in total. The van der Waals surface area contributed by atoms with E-state index in [4.69, 9.17) is 0 Å². The number of hydrogen-bond donors (Lipinski definition) is 2. The van der Waals surface area contributed by atoms with E-state index in [2.05, 4.69) is 15.6 Å². The number of pyridine rings is 1. The smallest absolute Gasteiger partial charge is 0.311 e. The lowest BCUT2D eigenvalue weighted by molar-refractivity contribution is -0.384. The molecule has 6 heteroatoms. The van der Waals surface area contributed by atoms with Crippen LogP contribution in [-0.4, -0.2) is 29.5 Å². The van der Waals surface area contributed by atoms with Crippen LogP contribution in [0.2, 0.25) is 0 Å². The quantitative estimate of drug-likeness (QED) is 0.608. The highest BCUT2D eigenvalue weighted by molar-refractivity contribution is 5.56. The second kappa shape index (κ2) is 5.09. The third-order valence-electron chi connectivity index (χ3n) is 2.92. The summed E-state index contributed by atoms with van der Waals surface area (Å²) in [6, 6.07) is 1.54. The van der Waals surface area contributed by atoms with Crippen molar-refractivity contribution in [2.45, 2.75) is 13.3 Å². The molecule has 2 heterocycles. The van der Waals surface area contributed by atoms with Crippen molar-refractivity contribution in [1.82, 2.24) is 10.3 Å². The largest absolute Gasteiger partial charge is 0.364 e. The molecule has 1 aromatic heterocycles. The summed E-state index contributed by atoms with van der Waals surface area (Å²) in [5.41, 5.74) is 0.848. The second-order valence-electron chi connectivity index (χ2n) is 4.38. The molecule has 0 aromatic carbocycles. The minimum absolute atomic E-state index is 0.0518. The lowest BCUT2D eigenvalue weighted by Crippen LogP contribution is -2.18. The Morgan fingerprint density at radius 1 is 1.71 bits per heavy atom. The zero-order valence-electron chi connectivity index (χ0n) is 9.77. The van der Waals surface area contributed by atoms with Crippen LogP contribution < -0.4 is 10.6 Å². The molecule has 0 spiro atoms. The van der Waals surface area contributed by atoms with Crippen molar-refractivity contribution in [3.63, 3.8) is 0 Å². The second-order valence-corrected chi connectivity index (χ2v) is 4.38. The molecule has 0 radical (unpaired) electrons. The Balaban J connectivity index is 2.06. The molecule has 1 aliphatic rings. The van der Waals surface area contributed by atoms with E-state index in [1.807, 2.05) is 0 Å². The number of hydrogen-bond acceptors (Lipinski definition) is 5. The van der Waals surface area contributed by atoms with E-state index in [1.165, 1.54) is 0 Å². The van der Waals surface area contributed by atoms with Crippen LogP contribution in [-0.2, 0) is 0 Å². The monoisotopic (exact) mass is 236 g/mol. The number of nitro groups is 1. The number of nitrogens with one attached hydrogen (secondary N) is 2. The van der Waals surface area contributed by atoms with Crippen molar-refractivity contribution in [2.24, 2.45) is 5.92 Å². The van der Waals surface area contributed by atoms with Crippen molar-refractivity contribution in [1.29, 1.82) is 0 Å². The molecule has 1 aliphatic heterocycles. The molecule has 0 saturated carbocycles. The molecule has 17 heavy (non-hydrogen) atoms. The number of aromatic nitrogens is 1. The lowest BCUT2D eigenvalue weighted by Gasteiger charge is -2.10. The van der Waals surface area contributed by atoms with Gasteiger partial charge < -0.3 is 10.6 Å². The summed E-state index contributed by atoms with van der Waals surface area (Å²) in [7, 11) is 0. The van der Waals surface area contributed by atoms with E-state index in [1.54, 1.807) is 19.2 Å². The average molecular weight is 236 g/mol. The van der Waals surface area contributed by atoms with E-state index in [9.17, 15) is 10.1 Å². The van der Waals surface area contributed by atoms with Gasteiger partial charge in [0.25, 0.3) is 0 Å². The summed E-state index contributed by atoms with van der Waals surface area (Å²) < 4.78 is 0. The van der Waals surface area contributed by atoms with Gasteiger partial charge in [0.1, 0.15) is 0 Å². The van der Waals surface area contributed by atoms with Crippen LogP contribution in [0.1, 0.15) is 12.0 Å². The van der Waals surface area contributed by atoms with Gasteiger partial charge >= 0.3 is 5.69 Å². The number of rotatable bonds is 4. The fourth-order valence-electron chi connectivity index (χ4n) is 1.96. The summed E-state index contributed by atoms with van der Waals surface area (Å²) in [5.74, 6) is 0.894. The normalized spacial score (nSPS) is 19.2. The molecular formula is C11H16N4O2. The molecular weight excluding hydrogens is 220 g/mol. The first-order valence-electron chi connectivity index (χ1n) is 5.72. The maximum Gasteiger partial charge on any atom is 0.311 e. The van der Waals surface area contributed by atoms with Gasteiger partial charge in [0.05, 0.1) is 4.92 Å². The molecule has 1 aromatic rings. The van der Waals surface area contributed by atoms with Crippen molar-refractivity contribution in [2.75, 3.05) is 25.0 Å². The molecule has 1 fully saturated rings. The lowest BCUT2D eigenvalue weighted by atomic mass is 10.1. The predicted octanol–water partition coefficient (Wildman–Crippen LogP) is 1.32. The van der Waals surface area contributed by atoms with E-state index in [0.717, 1.165) is 31.6 Å². The Bertz CT molecular complexity index is 416. The van der Waals surface area contributed by atoms with Crippen LogP contribution >= 0.6 is 0 Å². The summed E-state index contributed by atoms with van der Waals surface area (Å²) in [5, 5.41) is 17.2. The summed E-state index contributed by atoms with van der Waals surface area (Å²) >= 11 is 0. The fourth-order valence-corrected chi connectivity index (χ4v) is 1.96. The molecule has 92 valence electrons. The molecule has 1 atom stereocenters. The molecule has 0 aliphatic carbocycles. The zero-order chi connectivity index (χ0) is 12.3. The third-order valence-corrected chi connectivity index (χ3v) is 2.92. The maximum absolute atomic E-state index is 10.9. The maximum atomic E-state index is 10.9. The molecule has 0 bridgehead atoms. The first-order valence-corrected chi connectivity index (χ1v) is 5.72. The Morgan fingerprint density at radius 3 is 3.18 bits per heavy atom. The Morgan fingerprint density at radius 2 is 2.53 bits per heavy atom. The van der Waals surface area contributed by atoms with Crippen LogP contribution in [0.3, 0.4) is 0 Å². The van der Waals surface area contributed by atoms with Gasteiger partial charge in [-0.15, -0.1) is 0 Å². The Labute approximate surface area is 99.6 Å². The Kier molecular flexibility index (Phi) is 3.53. The highest BCUT2D eigenvalue weighted by Crippen LogP contribution is 2.23. The summed E-state index contributed by atoms with van der Waals surface area (Å²) in [6.07, 6.45) is 2.74. The van der Waals surface area contributed by atoms with Gasteiger partial charge in [0.2, 0.25) is 5.82 Å². The van der Waals surface area contributed by atoms with Crippen molar-refractivity contribution >= 4 is 11.5 Å². The van der Waals surface area contributed by atoms with Gasteiger partial charge in [-0.1, -0.05) is 0 Å². The summed E-state index contributed by atoms with van der Waals surface area (Å²) in [4.78, 5) is 14.6. The van der Waals surface area contributed by atoms with E-state index < -0.39 is 4.92 Å². The number of anilines is 1. The first kappa shape index (κ1) is 11.8. The van der Waals surface area contributed by atoms with Crippen LogP contribution in [0, 0.1) is 23.0 Å². The summed E-state index contributed by atoms with van der Waals surface area (Å²) in [6.45, 7) is 4.51. The van der Waals surface area contributed by atoms with Crippen LogP contribution in [0.15, 0.2) is 12.3 Å². The van der Waals surface area contributed by atoms with Crippen molar-refractivity contribution in [3.05, 3.63) is 27.9 Å². The third kappa shape index (κ3) is 2.91. The van der Waals surface area contributed by atoms with Gasteiger partial charge in [-0.05, 0) is 37.9 Å². The molecule has 2 rings (SSSR count). The van der Waals surface area contributed by atoms with Gasteiger partial charge in [0.15, 0.2) is 0 Å². The molecule has 0 unspecified atom stereocenters. The van der Waals surface area contributed by atoms with Crippen LogP contribution in [0.4, 0.5) is 11.5 Å². The highest BCUT2D eigenvalue weighted by atomic mass is 16.6. The Hall–Kier alpha value is -1.69. The van der Waals surface area contributed by atoms with Crippen LogP contribution in [0.5, 0.6) is 0 Å². The van der Waals surface area contributed by atoms with E-state index >= 15 is 0 Å². The van der Waals surface area contributed by atoms with Crippen LogP contribution in [0.25, 0.3) is 0 Å². The van der Waals surface area contributed by atoms with E-state index in [-0.39, 0.29) is 5.69 Å². The molecule has 2 N–H and O–H groups in total. The first-order chi connectivity index (χ1) is 8.16. The van der Waals surface area contributed by atoms with Gasteiger partial charge in [0, 0.05) is 18.8 Å². The average Bonchev–Trinajstić information content (AvgIpc) is 2.80. The minimum atomic E-state index is -0.394. The number of aryl methyl sites for hydroxylation is 1. The SMILES string of the molecule is Cc1cnc(NC[C@@H]2CCNC2)c([N+](=O)[O-])c1. The number of nitrogens with zero attached hydrogens (tertiary/aromatic N) is 2. The highest BCUT2D eigenvalue weighted by Gasteiger charge is 2.18. The van der Waals surface area contributed by atoms with Gasteiger partial charge in [-0.25, -0.2) is 4.98 Å². The minimum Gasteiger partial charge on any atom is -0.364 e.